The quantitative estimate of drug-likeness (QED) is 0.706. The molecule has 0 rings (SSSR count). The highest BCUT2D eigenvalue weighted by atomic mass is 32.2. The first-order chi connectivity index (χ1) is 4.42. The Bertz CT molecular complexity index is 91.4. The van der Waals surface area contributed by atoms with Crippen LogP contribution in [0.2, 0.25) is 0 Å². The Morgan fingerprint density at radius 1 is 1.50 bits per heavy atom. The Labute approximate surface area is 62.2 Å². The maximum absolute atomic E-state index is 11.4. The van der Waals surface area contributed by atoms with E-state index in [9.17, 15) is 13.2 Å². The topological polar surface area (TPSA) is 26.0 Å². The molecule has 0 unspecified atom stereocenters. The van der Waals surface area contributed by atoms with Gasteiger partial charge in [-0.3, -0.25) is 0 Å². The van der Waals surface area contributed by atoms with Crippen molar-refractivity contribution in [1.82, 2.24) is 0 Å². The number of hydrogen-bond acceptors (Lipinski definition) is 2. The van der Waals surface area contributed by atoms with E-state index >= 15 is 0 Å². The predicted octanol–water partition coefficient (Wildman–Crippen LogP) is 1.98. The summed E-state index contributed by atoms with van der Waals surface area (Å²) in [6.45, 7) is 1.69. The standard InChI is InChI=1S/C5H10F3NS/c1-4(9)2-3-10-5(6,7)8/h4H,2-3,9H2,1H3/t4-/m1/s1. The van der Waals surface area contributed by atoms with Crippen LogP contribution in [0.1, 0.15) is 13.3 Å². The molecule has 5 heteroatoms. The van der Waals surface area contributed by atoms with Gasteiger partial charge in [0.1, 0.15) is 0 Å². The lowest BCUT2D eigenvalue weighted by molar-refractivity contribution is -0.0328. The second-order valence-electron chi connectivity index (χ2n) is 2.06. The summed E-state index contributed by atoms with van der Waals surface area (Å²) in [5, 5.41) is 0. The van der Waals surface area contributed by atoms with Gasteiger partial charge in [-0.2, -0.15) is 13.2 Å². The zero-order chi connectivity index (χ0) is 8.20. The van der Waals surface area contributed by atoms with Gasteiger partial charge in [0.25, 0.3) is 0 Å². The van der Waals surface area contributed by atoms with Crippen molar-refractivity contribution in [3.8, 4) is 0 Å². The summed E-state index contributed by atoms with van der Waals surface area (Å²) < 4.78 is 34.3. The SMILES string of the molecule is C[C@@H](N)CCSC(F)(F)F. The fourth-order valence-electron chi connectivity index (χ4n) is 0.361. The summed E-state index contributed by atoms with van der Waals surface area (Å²) >= 11 is -0.0181. The van der Waals surface area contributed by atoms with Gasteiger partial charge in [-0.25, -0.2) is 0 Å². The maximum Gasteiger partial charge on any atom is 0.441 e. The zero-order valence-corrected chi connectivity index (χ0v) is 6.43. The van der Waals surface area contributed by atoms with Gasteiger partial charge >= 0.3 is 5.51 Å². The van der Waals surface area contributed by atoms with Crippen molar-refractivity contribution in [1.29, 1.82) is 0 Å². The number of rotatable bonds is 3. The molecule has 0 radical (unpaired) electrons. The summed E-state index contributed by atoms with van der Waals surface area (Å²) in [6.07, 6.45) is 0.407. The van der Waals surface area contributed by atoms with Crippen LogP contribution in [0.4, 0.5) is 13.2 Å². The minimum atomic E-state index is -4.10. The van der Waals surface area contributed by atoms with Gasteiger partial charge in [-0.1, -0.05) is 11.8 Å². The third kappa shape index (κ3) is 8.10. The molecule has 2 N–H and O–H groups in total. The number of nitrogens with two attached hydrogens (primary N) is 1. The molecule has 62 valence electrons. The van der Waals surface area contributed by atoms with Gasteiger partial charge in [-0.15, -0.1) is 0 Å². The Morgan fingerprint density at radius 2 is 2.00 bits per heavy atom. The summed E-state index contributed by atoms with van der Waals surface area (Å²) in [5.74, 6) is 0.0567. The normalized spacial score (nSPS) is 15.3. The molecule has 10 heavy (non-hydrogen) atoms. The van der Waals surface area contributed by atoms with Crippen LogP contribution in [-0.4, -0.2) is 17.3 Å². The van der Waals surface area contributed by atoms with Crippen molar-refractivity contribution in [3.05, 3.63) is 0 Å². The lowest BCUT2D eigenvalue weighted by atomic mass is 10.3. The first kappa shape index (κ1) is 10.1. The molecule has 0 aliphatic carbocycles. The van der Waals surface area contributed by atoms with Gasteiger partial charge < -0.3 is 5.73 Å². The Morgan fingerprint density at radius 3 is 2.30 bits per heavy atom. The maximum atomic E-state index is 11.4. The van der Waals surface area contributed by atoms with E-state index in [1.165, 1.54) is 0 Å². The first-order valence-electron chi connectivity index (χ1n) is 2.88. The number of thioether (sulfide) groups is 1. The molecular weight excluding hydrogens is 163 g/mol. The molecule has 0 aromatic carbocycles. The van der Waals surface area contributed by atoms with Crippen LogP contribution in [-0.2, 0) is 0 Å². The molecule has 0 fully saturated rings. The average molecular weight is 173 g/mol. The van der Waals surface area contributed by atoms with E-state index in [1.54, 1.807) is 6.92 Å². The molecule has 0 aromatic heterocycles. The van der Waals surface area contributed by atoms with E-state index in [0.717, 1.165) is 0 Å². The Kier molecular flexibility index (Phi) is 4.12. The minimum Gasteiger partial charge on any atom is -0.328 e. The molecule has 0 saturated heterocycles. The van der Waals surface area contributed by atoms with Gasteiger partial charge in [0, 0.05) is 11.8 Å². The monoisotopic (exact) mass is 173 g/mol. The fourth-order valence-corrected chi connectivity index (χ4v) is 1.08. The van der Waals surface area contributed by atoms with Crippen LogP contribution < -0.4 is 5.73 Å². The van der Waals surface area contributed by atoms with Gasteiger partial charge in [0.15, 0.2) is 0 Å². The molecule has 0 aliphatic heterocycles. The van der Waals surface area contributed by atoms with E-state index in [2.05, 4.69) is 0 Å². The molecular formula is C5H10F3NS. The fraction of sp³-hybridized carbons (Fsp3) is 1.00. The molecule has 0 aromatic rings. The third-order valence-electron chi connectivity index (χ3n) is 0.839. The molecule has 0 aliphatic rings. The van der Waals surface area contributed by atoms with Crippen LogP contribution in [0.25, 0.3) is 0 Å². The van der Waals surface area contributed by atoms with Crippen molar-refractivity contribution in [2.24, 2.45) is 5.73 Å². The lowest BCUT2D eigenvalue weighted by Gasteiger charge is -2.06. The van der Waals surface area contributed by atoms with Crippen LogP contribution in [0, 0.1) is 0 Å². The highest BCUT2D eigenvalue weighted by Crippen LogP contribution is 2.30. The van der Waals surface area contributed by atoms with E-state index in [1.807, 2.05) is 0 Å². The second-order valence-corrected chi connectivity index (χ2v) is 3.22. The average Bonchev–Trinajstić information content (AvgIpc) is 1.59. The highest BCUT2D eigenvalue weighted by molar-refractivity contribution is 8.00. The van der Waals surface area contributed by atoms with E-state index < -0.39 is 5.51 Å². The summed E-state index contributed by atoms with van der Waals surface area (Å²) in [4.78, 5) is 0. The molecule has 0 amide bonds. The molecule has 0 bridgehead atoms. The van der Waals surface area contributed by atoms with Crippen molar-refractivity contribution >= 4 is 11.8 Å². The van der Waals surface area contributed by atoms with Gasteiger partial charge in [0.05, 0.1) is 0 Å². The second kappa shape index (κ2) is 4.08. The lowest BCUT2D eigenvalue weighted by Crippen LogP contribution is -2.16. The third-order valence-corrected chi connectivity index (χ3v) is 1.61. The smallest absolute Gasteiger partial charge is 0.328 e. The Hall–Kier alpha value is 0.100. The molecule has 0 heterocycles. The van der Waals surface area contributed by atoms with Gasteiger partial charge in [0.2, 0.25) is 0 Å². The zero-order valence-electron chi connectivity index (χ0n) is 5.61. The summed E-state index contributed by atoms with van der Waals surface area (Å²) in [5.41, 5.74) is 1.14. The molecule has 0 spiro atoms. The predicted molar refractivity (Wildman–Crippen MR) is 36.8 cm³/mol. The van der Waals surface area contributed by atoms with Crippen LogP contribution in [0.5, 0.6) is 0 Å². The largest absolute Gasteiger partial charge is 0.441 e. The van der Waals surface area contributed by atoms with E-state index in [-0.39, 0.29) is 23.6 Å². The van der Waals surface area contributed by atoms with Crippen LogP contribution in [0.15, 0.2) is 0 Å². The minimum absolute atomic E-state index is 0.0181. The van der Waals surface area contributed by atoms with E-state index in [4.69, 9.17) is 5.73 Å². The van der Waals surface area contributed by atoms with Crippen molar-refractivity contribution in [2.45, 2.75) is 24.9 Å². The van der Waals surface area contributed by atoms with Crippen molar-refractivity contribution in [3.63, 3.8) is 0 Å². The number of alkyl halides is 3. The van der Waals surface area contributed by atoms with E-state index in [0.29, 0.717) is 6.42 Å². The number of halogens is 3. The molecule has 1 atom stereocenters. The summed E-state index contributed by atoms with van der Waals surface area (Å²) in [7, 11) is 0. The van der Waals surface area contributed by atoms with Crippen LogP contribution >= 0.6 is 11.8 Å². The Balaban J connectivity index is 3.21. The van der Waals surface area contributed by atoms with Crippen LogP contribution in [0.3, 0.4) is 0 Å². The molecule has 1 nitrogen and oxygen atoms in total. The van der Waals surface area contributed by atoms with Crippen molar-refractivity contribution < 1.29 is 13.2 Å². The van der Waals surface area contributed by atoms with Crippen molar-refractivity contribution in [2.75, 3.05) is 5.75 Å². The van der Waals surface area contributed by atoms with Gasteiger partial charge in [-0.05, 0) is 13.3 Å². The first-order valence-corrected chi connectivity index (χ1v) is 3.86. The number of hydrogen-bond donors (Lipinski definition) is 1. The molecule has 0 saturated carbocycles. The summed E-state index contributed by atoms with van der Waals surface area (Å²) in [6, 6.07) is -0.144. The highest BCUT2D eigenvalue weighted by Gasteiger charge is 2.27.